The van der Waals surface area contributed by atoms with Crippen molar-refractivity contribution in [3.8, 4) is 0 Å². The molecule has 4 rings (SSSR count). The van der Waals surface area contributed by atoms with Gasteiger partial charge in [-0.3, -0.25) is 9.59 Å². The molecule has 2 saturated heterocycles. The smallest absolute Gasteiger partial charge is 0.255 e. The molecule has 0 radical (unpaired) electrons. The van der Waals surface area contributed by atoms with Crippen LogP contribution in [0.2, 0.25) is 0 Å². The lowest BCUT2D eigenvalue weighted by molar-refractivity contribution is -0.120. The molecule has 4 heterocycles. The molecular weight excluding hydrogens is 358 g/mol. The van der Waals surface area contributed by atoms with E-state index in [1.807, 2.05) is 15.9 Å². The Morgan fingerprint density at radius 2 is 1.82 bits per heavy atom. The standard InChI is InChI=1S/C19H23N7O2/c27-17-14-26(10-7-20-17)16-4-3-15(13-23-16)18(28)24-8-2-9-25(12-11-24)19-21-5-1-6-22-19/h1,3-6,13H,2,7-12,14H2,(H,20,27). The topological polar surface area (TPSA) is 94.6 Å². The number of nitrogens with one attached hydrogen (secondary N) is 1. The van der Waals surface area contributed by atoms with Crippen molar-refractivity contribution in [2.45, 2.75) is 6.42 Å². The number of anilines is 2. The number of piperazine rings is 1. The van der Waals surface area contributed by atoms with Gasteiger partial charge in [-0.2, -0.15) is 0 Å². The molecule has 2 aliphatic rings. The van der Waals surface area contributed by atoms with Crippen LogP contribution in [0.15, 0.2) is 36.8 Å². The van der Waals surface area contributed by atoms with E-state index in [1.165, 1.54) is 0 Å². The van der Waals surface area contributed by atoms with Crippen molar-refractivity contribution in [1.29, 1.82) is 0 Å². The summed E-state index contributed by atoms with van der Waals surface area (Å²) in [5, 5.41) is 2.79. The largest absolute Gasteiger partial charge is 0.353 e. The molecule has 2 amide bonds. The Labute approximate surface area is 163 Å². The number of carbonyl (C=O) groups excluding carboxylic acids is 2. The molecule has 0 aromatic carbocycles. The van der Waals surface area contributed by atoms with Crippen LogP contribution in [-0.2, 0) is 4.79 Å². The van der Waals surface area contributed by atoms with Crippen molar-refractivity contribution in [3.05, 3.63) is 42.4 Å². The first-order valence-corrected chi connectivity index (χ1v) is 9.49. The van der Waals surface area contributed by atoms with Crippen LogP contribution in [-0.4, -0.2) is 77.5 Å². The van der Waals surface area contributed by atoms with Crippen LogP contribution in [0.3, 0.4) is 0 Å². The summed E-state index contributed by atoms with van der Waals surface area (Å²) in [6.45, 7) is 4.45. The average molecular weight is 381 g/mol. The molecule has 0 atom stereocenters. The first kappa shape index (κ1) is 18.1. The maximum Gasteiger partial charge on any atom is 0.255 e. The minimum Gasteiger partial charge on any atom is -0.353 e. The Morgan fingerprint density at radius 3 is 2.57 bits per heavy atom. The van der Waals surface area contributed by atoms with Gasteiger partial charge in [0.2, 0.25) is 11.9 Å². The summed E-state index contributed by atoms with van der Waals surface area (Å²) in [7, 11) is 0. The third-order valence-corrected chi connectivity index (χ3v) is 4.98. The van der Waals surface area contributed by atoms with Crippen molar-refractivity contribution in [1.82, 2.24) is 25.2 Å². The average Bonchev–Trinajstić information content (AvgIpc) is 3.00. The molecule has 146 valence electrons. The summed E-state index contributed by atoms with van der Waals surface area (Å²) in [5.41, 5.74) is 0.564. The number of nitrogens with zero attached hydrogens (tertiary/aromatic N) is 6. The maximum absolute atomic E-state index is 12.9. The molecule has 0 spiro atoms. The Balaban J connectivity index is 1.39. The number of hydrogen-bond donors (Lipinski definition) is 1. The zero-order chi connectivity index (χ0) is 19.3. The second kappa shape index (κ2) is 8.20. The van der Waals surface area contributed by atoms with Gasteiger partial charge in [0.25, 0.3) is 5.91 Å². The van der Waals surface area contributed by atoms with Gasteiger partial charge >= 0.3 is 0 Å². The molecule has 9 heteroatoms. The third kappa shape index (κ3) is 4.03. The third-order valence-electron chi connectivity index (χ3n) is 4.98. The summed E-state index contributed by atoms with van der Waals surface area (Å²) in [4.78, 5) is 43.3. The number of aromatic nitrogens is 3. The van der Waals surface area contributed by atoms with Crippen LogP contribution in [0.1, 0.15) is 16.8 Å². The van der Waals surface area contributed by atoms with Crippen molar-refractivity contribution in [3.63, 3.8) is 0 Å². The minimum absolute atomic E-state index is 0.00952. The van der Waals surface area contributed by atoms with Crippen LogP contribution < -0.4 is 15.1 Å². The molecule has 2 aliphatic heterocycles. The normalized spacial score (nSPS) is 17.9. The SMILES string of the molecule is O=C1CN(c2ccc(C(=O)N3CCCN(c4ncccn4)CC3)cn2)CCN1. The van der Waals surface area contributed by atoms with Gasteiger partial charge in [-0.05, 0) is 24.6 Å². The van der Waals surface area contributed by atoms with Crippen LogP contribution in [0.4, 0.5) is 11.8 Å². The van der Waals surface area contributed by atoms with Crippen molar-refractivity contribution < 1.29 is 9.59 Å². The second-order valence-corrected chi connectivity index (χ2v) is 6.86. The van der Waals surface area contributed by atoms with Crippen LogP contribution in [0.25, 0.3) is 0 Å². The predicted molar refractivity (Wildman–Crippen MR) is 104 cm³/mol. The van der Waals surface area contributed by atoms with Gasteiger partial charge in [0.1, 0.15) is 5.82 Å². The van der Waals surface area contributed by atoms with Gasteiger partial charge in [0.15, 0.2) is 0 Å². The fraction of sp³-hybridized carbons (Fsp3) is 0.421. The molecule has 1 N–H and O–H groups in total. The minimum atomic E-state index is -0.0220. The van der Waals surface area contributed by atoms with Gasteiger partial charge in [0.05, 0.1) is 12.1 Å². The maximum atomic E-state index is 12.9. The molecule has 9 nitrogen and oxygen atoms in total. The molecule has 0 unspecified atom stereocenters. The van der Waals surface area contributed by atoms with E-state index in [-0.39, 0.29) is 11.8 Å². The Bertz CT molecular complexity index is 828. The fourth-order valence-corrected chi connectivity index (χ4v) is 3.49. The van der Waals surface area contributed by atoms with E-state index in [9.17, 15) is 9.59 Å². The number of rotatable bonds is 3. The monoisotopic (exact) mass is 381 g/mol. The van der Waals surface area contributed by atoms with E-state index in [1.54, 1.807) is 30.7 Å². The molecule has 2 aromatic heterocycles. The lowest BCUT2D eigenvalue weighted by Crippen LogP contribution is -2.48. The van der Waals surface area contributed by atoms with Crippen LogP contribution >= 0.6 is 0 Å². The van der Waals surface area contributed by atoms with Crippen molar-refractivity contribution >= 4 is 23.6 Å². The Hall–Kier alpha value is -3.23. The highest BCUT2D eigenvalue weighted by Crippen LogP contribution is 2.16. The lowest BCUT2D eigenvalue weighted by atomic mass is 10.2. The molecule has 0 aliphatic carbocycles. The van der Waals surface area contributed by atoms with Crippen LogP contribution in [0, 0.1) is 0 Å². The van der Waals surface area contributed by atoms with E-state index in [0.29, 0.717) is 44.2 Å². The summed E-state index contributed by atoms with van der Waals surface area (Å²) in [6.07, 6.45) is 5.93. The highest BCUT2D eigenvalue weighted by atomic mass is 16.2. The van der Waals surface area contributed by atoms with E-state index in [4.69, 9.17) is 0 Å². The molecule has 0 bridgehead atoms. The first-order valence-electron chi connectivity index (χ1n) is 9.49. The van der Waals surface area contributed by atoms with Gasteiger partial charge < -0.3 is 20.0 Å². The Morgan fingerprint density at radius 1 is 0.964 bits per heavy atom. The Kier molecular flexibility index (Phi) is 5.31. The zero-order valence-electron chi connectivity index (χ0n) is 15.6. The quantitative estimate of drug-likeness (QED) is 0.809. The summed E-state index contributed by atoms with van der Waals surface area (Å²) >= 11 is 0. The van der Waals surface area contributed by atoms with E-state index >= 15 is 0 Å². The van der Waals surface area contributed by atoms with Gasteiger partial charge in [0, 0.05) is 57.9 Å². The zero-order valence-corrected chi connectivity index (χ0v) is 15.6. The molecule has 2 fully saturated rings. The number of hydrogen-bond acceptors (Lipinski definition) is 7. The summed E-state index contributed by atoms with van der Waals surface area (Å²) in [6, 6.07) is 5.40. The van der Waals surface area contributed by atoms with Crippen molar-refractivity contribution in [2.24, 2.45) is 0 Å². The van der Waals surface area contributed by atoms with Gasteiger partial charge in [-0.1, -0.05) is 0 Å². The van der Waals surface area contributed by atoms with E-state index in [2.05, 4.69) is 25.2 Å². The van der Waals surface area contributed by atoms with E-state index < -0.39 is 0 Å². The van der Waals surface area contributed by atoms with Gasteiger partial charge in [-0.25, -0.2) is 15.0 Å². The highest BCUT2D eigenvalue weighted by molar-refractivity contribution is 5.94. The summed E-state index contributed by atoms with van der Waals surface area (Å²) in [5.74, 6) is 1.39. The van der Waals surface area contributed by atoms with E-state index in [0.717, 1.165) is 25.3 Å². The predicted octanol–water partition coefficient (Wildman–Crippen LogP) is 0.160. The van der Waals surface area contributed by atoms with Crippen LogP contribution in [0.5, 0.6) is 0 Å². The molecule has 0 saturated carbocycles. The molecule has 2 aromatic rings. The number of amides is 2. The highest BCUT2D eigenvalue weighted by Gasteiger charge is 2.22. The fourth-order valence-electron chi connectivity index (χ4n) is 3.49. The summed E-state index contributed by atoms with van der Waals surface area (Å²) < 4.78 is 0. The number of pyridine rings is 1. The second-order valence-electron chi connectivity index (χ2n) is 6.86. The van der Waals surface area contributed by atoms with Crippen molar-refractivity contribution in [2.75, 3.05) is 55.6 Å². The lowest BCUT2D eigenvalue weighted by Gasteiger charge is -2.27. The van der Waals surface area contributed by atoms with Gasteiger partial charge in [-0.15, -0.1) is 0 Å². The number of carbonyl (C=O) groups is 2. The molecular formula is C19H23N7O2. The molecule has 28 heavy (non-hydrogen) atoms. The first-order chi connectivity index (χ1) is 13.7.